The number of nitrogens with one attached hydrogen (secondary N) is 1. The molecule has 2 atom stereocenters. The fraction of sp³-hybridized carbons (Fsp3) is 0.316. The van der Waals surface area contributed by atoms with Gasteiger partial charge in [-0.2, -0.15) is 0 Å². The molecule has 1 aliphatic heterocycles. The molecule has 1 aromatic carbocycles. The van der Waals surface area contributed by atoms with E-state index < -0.39 is 17.7 Å². The number of Topliss-reactive ketones (excluding diaryl/α,β-unsaturated/α-hetero) is 1. The minimum Gasteiger partial charge on any atom is -0.355 e. The number of halogens is 2. The molecular formula is C19H18F2N2O2. The smallest absolute Gasteiger partial charge is 0.224 e. The Morgan fingerprint density at radius 3 is 2.68 bits per heavy atom. The van der Waals surface area contributed by atoms with Crippen molar-refractivity contribution in [2.75, 3.05) is 6.54 Å². The molecule has 1 saturated heterocycles. The van der Waals surface area contributed by atoms with Crippen LogP contribution in [0.25, 0.3) is 0 Å². The van der Waals surface area contributed by atoms with Gasteiger partial charge < -0.3 is 5.32 Å². The van der Waals surface area contributed by atoms with Crippen LogP contribution in [0.4, 0.5) is 8.78 Å². The minimum absolute atomic E-state index is 0.00285. The number of amides is 1. The summed E-state index contributed by atoms with van der Waals surface area (Å²) in [4.78, 5) is 28.6. The van der Waals surface area contributed by atoms with Crippen molar-refractivity contribution in [2.24, 2.45) is 5.92 Å². The molecule has 25 heavy (non-hydrogen) atoms. The van der Waals surface area contributed by atoms with E-state index in [-0.39, 0.29) is 42.6 Å². The summed E-state index contributed by atoms with van der Waals surface area (Å²) in [7, 11) is 0. The van der Waals surface area contributed by atoms with Crippen LogP contribution in [0.3, 0.4) is 0 Å². The lowest BCUT2D eigenvalue weighted by Crippen LogP contribution is -2.23. The van der Waals surface area contributed by atoms with Gasteiger partial charge in [-0.1, -0.05) is 12.1 Å². The maximum atomic E-state index is 14.2. The lowest BCUT2D eigenvalue weighted by atomic mass is 9.86. The molecule has 130 valence electrons. The Hall–Kier alpha value is -2.63. The van der Waals surface area contributed by atoms with Crippen molar-refractivity contribution in [2.45, 2.75) is 25.7 Å². The number of rotatable bonds is 5. The molecule has 0 unspecified atom stereocenters. The van der Waals surface area contributed by atoms with Gasteiger partial charge in [-0.15, -0.1) is 0 Å². The van der Waals surface area contributed by atoms with Gasteiger partial charge in [0.25, 0.3) is 0 Å². The number of aromatic nitrogens is 1. The van der Waals surface area contributed by atoms with E-state index in [0.29, 0.717) is 11.1 Å². The first-order valence-electron chi connectivity index (χ1n) is 8.10. The first-order chi connectivity index (χ1) is 11.9. The lowest BCUT2D eigenvalue weighted by molar-refractivity contribution is -0.127. The van der Waals surface area contributed by atoms with Crippen LogP contribution in [0.5, 0.6) is 0 Å². The monoisotopic (exact) mass is 344 g/mol. The average Bonchev–Trinajstić information content (AvgIpc) is 2.91. The molecule has 1 N–H and O–H groups in total. The topological polar surface area (TPSA) is 59.1 Å². The van der Waals surface area contributed by atoms with Gasteiger partial charge in [-0.05, 0) is 36.2 Å². The Kier molecular flexibility index (Phi) is 4.88. The van der Waals surface area contributed by atoms with Crippen molar-refractivity contribution in [3.8, 4) is 0 Å². The number of pyridine rings is 1. The second-order valence-electron chi connectivity index (χ2n) is 6.38. The molecule has 0 spiro atoms. The summed E-state index contributed by atoms with van der Waals surface area (Å²) >= 11 is 0. The Balaban J connectivity index is 1.73. The van der Waals surface area contributed by atoms with Gasteiger partial charge in [0.1, 0.15) is 17.4 Å². The van der Waals surface area contributed by atoms with E-state index in [4.69, 9.17) is 0 Å². The molecule has 1 fully saturated rings. The van der Waals surface area contributed by atoms with Crippen molar-refractivity contribution in [1.82, 2.24) is 10.3 Å². The van der Waals surface area contributed by atoms with E-state index in [2.05, 4.69) is 10.3 Å². The zero-order chi connectivity index (χ0) is 18.0. The van der Waals surface area contributed by atoms with E-state index in [1.165, 1.54) is 18.2 Å². The van der Waals surface area contributed by atoms with E-state index in [9.17, 15) is 18.4 Å². The number of ketones is 1. The molecule has 1 amide bonds. The summed E-state index contributed by atoms with van der Waals surface area (Å²) in [6, 6.07) is 7.04. The third kappa shape index (κ3) is 3.90. The third-order valence-corrected chi connectivity index (χ3v) is 4.44. The normalized spacial score (nSPS) is 19.7. The van der Waals surface area contributed by atoms with Crippen LogP contribution in [0, 0.1) is 24.5 Å². The Morgan fingerprint density at radius 2 is 2.00 bits per heavy atom. The van der Waals surface area contributed by atoms with Crippen LogP contribution in [-0.4, -0.2) is 23.2 Å². The van der Waals surface area contributed by atoms with Crippen LogP contribution in [0.15, 0.2) is 36.5 Å². The van der Waals surface area contributed by atoms with Crippen molar-refractivity contribution in [3.63, 3.8) is 0 Å². The molecule has 2 aromatic rings. The molecule has 1 aromatic heterocycles. The van der Waals surface area contributed by atoms with Crippen LogP contribution < -0.4 is 5.32 Å². The summed E-state index contributed by atoms with van der Waals surface area (Å²) in [5.74, 6) is -2.35. The number of hydrogen-bond acceptors (Lipinski definition) is 3. The maximum absolute atomic E-state index is 14.2. The molecule has 0 bridgehead atoms. The fourth-order valence-electron chi connectivity index (χ4n) is 3.15. The van der Waals surface area contributed by atoms with Gasteiger partial charge in [-0.3, -0.25) is 14.6 Å². The van der Waals surface area contributed by atoms with Crippen molar-refractivity contribution >= 4 is 11.7 Å². The third-order valence-electron chi connectivity index (χ3n) is 4.44. The van der Waals surface area contributed by atoms with Crippen LogP contribution in [0.2, 0.25) is 0 Å². The first kappa shape index (κ1) is 17.2. The minimum atomic E-state index is -0.641. The van der Waals surface area contributed by atoms with Gasteiger partial charge in [0.15, 0.2) is 0 Å². The Bertz CT molecular complexity index is 806. The summed E-state index contributed by atoms with van der Waals surface area (Å²) in [5, 5.41) is 2.69. The molecule has 0 aliphatic carbocycles. The van der Waals surface area contributed by atoms with Gasteiger partial charge in [-0.25, -0.2) is 8.78 Å². The standard InChI is InChI=1S/C19H18F2N2O2/c1-11-6-17(21)18(22-9-11)16-10-23-19(25)15(16)8-14(24)7-12-2-4-13(20)5-3-12/h2-6,9,15-16H,7-8,10H2,1H3,(H,23,25)/t15-,16+/m0/s1. The van der Waals surface area contributed by atoms with Gasteiger partial charge in [0, 0.05) is 31.5 Å². The number of nitrogens with zero attached hydrogens (tertiary/aromatic N) is 1. The molecule has 0 radical (unpaired) electrons. The Labute approximate surface area is 144 Å². The molecule has 0 saturated carbocycles. The maximum Gasteiger partial charge on any atom is 0.224 e. The number of carbonyl (C=O) groups excluding carboxylic acids is 2. The van der Waals surface area contributed by atoms with E-state index in [1.54, 1.807) is 25.3 Å². The predicted octanol–water partition coefficient (Wildman–Crippen LogP) is 2.70. The second kappa shape index (κ2) is 7.09. The highest BCUT2D eigenvalue weighted by Crippen LogP contribution is 2.32. The van der Waals surface area contributed by atoms with Gasteiger partial charge >= 0.3 is 0 Å². The number of benzene rings is 1. The van der Waals surface area contributed by atoms with E-state index in [0.717, 1.165) is 0 Å². The van der Waals surface area contributed by atoms with E-state index >= 15 is 0 Å². The van der Waals surface area contributed by atoms with Crippen molar-refractivity contribution < 1.29 is 18.4 Å². The van der Waals surface area contributed by atoms with Crippen molar-refractivity contribution in [1.29, 1.82) is 0 Å². The summed E-state index contributed by atoms with van der Waals surface area (Å²) in [6.45, 7) is 2.00. The number of hydrogen-bond donors (Lipinski definition) is 1. The average molecular weight is 344 g/mol. The summed E-state index contributed by atoms with van der Waals surface area (Å²) < 4.78 is 27.1. The largest absolute Gasteiger partial charge is 0.355 e. The molecule has 1 aliphatic rings. The molecule has 3 rings (SSSR count). The number of aryl methyl sites for hydroxylation is 1. The van der Waals surface area contributed by atoms with Gasteiger partial charge in [0.2, 0.25) is 5.91 Å². The molecule has 4 nitrogen and oxygen atoms in total. The lowest BCUT2D eigenvalue weighted by Gasteiger charge is -2.16. The zero-order valence-corrected chi connectivity index (χ0v) is 13.8. The summed E-state index contributed by atoms with van der Waals surface area (Å²) in [5.41, 5.74) is 1.59. The quantitative estimate of drug-likeness (QED) is 0.907. The zero-order valence-electron chi connectivity index (χ0n) is 13.8. The highest BCUT2D eigenvalue weighted by atomic mass is 19.1. The second-order valence-corrected chi connectivity index (χ2v) is 6.38. The highest BCUT2D eigenvalue weighted by Gasteiger charge is 2.39. The van der Waals surface area contributed by atoms with Gasteiger partial charge in [0.05, 0.1) is 11.6 Å². The first-order valence-corrected chi connectivity index (χ1v) is 8.10. The molecule has 6 heteroatoms. The Morgan fingerprint density at radius 1 is 1.28 bits per heavy atom. The fourth-order valence-corrected chi connectivity index (χ4v) is 3.15. The van der Waals surface area contributed by atoms with E-state index in [1.807, 2.05) is 0 Å². The van der Waals surface area contributed by atoms with Crippen LogP contribution in [-0.2, 0) is 16.0 Å². The predicted molar refractivity (Wildman–Crippen MR) is 87.9 cm³/mol. The number of carbonyl (C=O) groups is 2. The van der Waals surface area contributed by atoms with Crippen LogP contribution in [0.1, 0.15) is 29.2 Å². The summed E-state index contributed by atoms with van der Waals surface area (Å²) in [6.07, 6.45) is 1.67. The highest BCUT2D eigenvalue weighted by molar-refractivity contribution is 5.89. The van der Waals surface area contributed by atoms with Crippen molar-refractivity contribution in [3.05, 3.63) is 65.0 Å². The SMILES string of the molecule is Cc1cnc([C@@H]2CNC(=O)[C@H]2CC(=O)Cc2ccc(F)cc2)c(F)c1. The molecule has 2 heterocycles. The van der Waals surface area contributed by atoms with Crippen LogP contribution >= 0.6 is 0 Å². The molecular weight excluding hydrogens is 326 g/mol.